The molecule has 5 heteroatoms. The minimum absolute atomic E-state index is 0.494. The molecule has 0 amide bonds. The SMILES string of the molecule is CCOCCN(C)c1c(CCl)c(C)nn1C. The summed E-state index contributed by atoms with van der Waals surface area (Å²) in [6, 6.07) is 0. The van der Waals surface area contributed by atoms with E-state index in [1.165, 1.54) is 0 Å². The fraction of sp³-hybridized carbons (Fsp3) is 0.727. The Morgan fingerprint density at radius 2 is 2.19 bits per heavy atom. The zero-order valence-corrected chi connectivity index (χ0v) is 11.2. The van der Waals surface area contributed by atoms with Crippen molar-refractivity contribution >= 4 is 17.4 Å². The smallest absolute Gasteiger partial charge is 0.131 e. The molecule has 92 valence electrons. The van der Waals surface area contributed by atoms with Gasteiger partial charge in [0.1, 0.15) is 5.82 Å². The van der Waals surface area contributed by atoms with Crippen molar-refractivity contribution < 1.29 is 4.74 Å². The van der Waals surface area contributed by atoms with Crippen molar-refractivity contribution in [3.63, 3.8) is 0 Å². The average molecular weight is 246 g/mol. The first kappa shape index (κ1) is 13.3. The summed E-state index contributed by atoms with van der Waals surface area (Å²) in [5.41, 5.74) is 2.10. The van der Waals surface area contributed by atoms with Crippen molar-refractivity contribution in [1.29, 1.82) is 0 Å². The van der Waals surface area contributed by atoms with Crippen molar-refractivity contribution in [2.45, 2.75) is 19.7 Å². The molecule has 0 N–H and O–H groups in total. The lowest BCUT2D eigenvalue weighted by atomic mass is 10.2. The first-order valence-corrected chi connectivity index (χ1v) is 6.02. The minimum Gasteiger partial charge on any atom is -0.380 e. The van der Waals surface area contributed by atoms with Gasteiger partial charge in [0.25, 0.3) is 0 Å². The third-order valence-electron chi connectivity index (χ3n) is 2.58. The number of halogens is 1. The fourth-order valence-electron chi connectivity index (χ4n) is 1.78. The van der Waals surface area contributed by atoms with Crippen LogP contribution in [0.25, 0.3) is 0 Å². The number of aromatic nitrogens is 2. The van der Waals surface area contributed by atoms with Crippen LogP contribution in [0.15, 0.2) is 0 Å². The van der Waals surface area contributed by atoms with E-state index in [-0.39, 0.29) is 0 Å². The molecule has 0 atom stereocenters. The Kier molecular flexibility index (Phi) is 5.09. The largest absolute Gasteiger partial charge is 0.380 e. The predicted molar refractivity (Wildman–Crippen MR) is 67.3 cm³/mol. The summed E-state index contributed by atoms with van der Waals surface area (Å²) in [6.07, 6.45) is 0. The summed E-state index contributed by atoms with van der Waals surface area (Å²) in [7, 11) is 3.97. The number of anilines is 1. The molecule has 1 aromatic heterocycles. The molecule has 1 heterocycles. The molecule has 0 saturated heterocycles. The molecule has 0 aliphatic carbocycles. The number of rotatable bonds is 6. The molecule has 4 nitrogen and oxygen atoms in total. The Labute approximate surface area is 102 Å². The van der Waals surface area contributed by atoms with Crippen molar-refractivity contribution in [2.75, 3.05) is 31.7 Å². The highest BCUT2D eigenvalue weighted by Crippen LogP contribution is 2.23. The molecule has 16 heavy (non-hydrogen) atoms. The van der Waals surface area contributed by atoms with Gasteiger partial charge in [-0.25, -0.2) is 0 Å². The van der Waals surface area contributed by atoms with E-state index in [0.717, 1.165) is 36.8 Å². The first-order chi connectivity index (χ1) is 7.61. The second kappa shape index (κ2) is 6.11. The van der Waals surface area contributed by atoms with E-state index >= 15 is 0 Å². The van der Waals surface area contributed by atoms with Crippen LogP contribution in [0, 0.1) is 6.92 Å². The number of ether oxygens (including phenoxy) is 1. The summed E-state index contributed by atoms with van der Waals surface area (Å²) < 4.78 is 7.22. The molecule has 0 fully saturated rings. The van der Waals surface area contributed by atoms with E-state index in [4.69, 9.17) is 16.3 Å². The van der Waals surface area contributed by atoms with Crippen molar-refractivity contribution in [2.24, 2.45) is 7.05 Å². The number of hydrogen-bond acceptors (Lipinski definition) is 3. The molecular formula is C11H20ClN3O. The quantitative estimate of drug-likeness (QED) is 0.567. The monoisotopic (exact) mass is 245 g/mol. The fourth-order valence-corrected chi connectivity index (χ4v) is 2.09. The molecule has 0 spiro atoms. The lowest BCUT2D eigenvalue weighted by Gasteiger charge is -2.20. The molecular weight excluding hydrogens is 226 g/mol. The van der Waals surface area contributed by atoms with Gasteiger partial charge in [-0.1, -0.05) is 0 Å². The maximum absolute atomic E-state index is 5.94. The van der Waals surface area contributed by atoms with E-state index in [2.05, 4.69) is 10.00 Å². The Morgan fingerprint density at radius 1 is 1.50 bits per heavy atom. The number of alkyl halides is 1. The van der Waals surface area contributed by atoms with Crippen LogP contribution in [0.5, 0.6) is 0 Å². The molecule has 0 aliphatic heterocycles. The van der Waals surface area contributed by atoms with Crippen LogP contribution >= 0.6 is 11.6 Å². The summed E-state index contributed by atoms with van der Waals surface area (Å²) >= 11 is 5.94. The first-order valence-electron chi connectivity index (χ1n) is 5.49. The summed E-state index contributed by atoms with van der Waals surface area (Å²) in [5, 5.41) is 4.38. The van der Waals surface area contributed by atoms with Crippen LogP contribution < -0.4 is 4.90 Å². The van der Waals surface area contributed by atoms with Crippen LogP contribution in [0.2, 0.25) is 0 Å². The molecule has 0 bridgehead atoms. The third-order valence-corrected chi connectivity index (χ3v) is 2.85. The van der Waals surface area contributed by atoms with Gasteiger partial charge in [-0.2, -0.15) is 5.10 Å². The van der Waals surface area contributed by atoms with Crippen molar-refractivity contribution in [3.8, 4) is 0 Å². The predicted octanol–water partition coefficient (Wildman–Crippen LogP) is 1.94. The second-order valence-corrected chi connectivity index (χ2v) is 4.03. The number of hydrogen-bond donors (Lipinski definition) is 0. The van der Waals surface area contributed by atoms with Gasteiger partial charge in [0.05, 0.1) is 18.2 Å². The van der Waals surface area contributed by atoms with Gasteiger partial charge in [0.15, 0.2) is 0 Å². The molecule has 0 aromatic carbocycles. The highest BCUT2D eigenvalue weighted by Gasteiger charge is 2.15. The molecule has 0 radical (unpaired) electrons. The molecule has 1 aromatic rings. The van der Waals surface area contributed by atoms with Crippen LogP contribution in [-0.4, -0.2) is 36.6 Å². The summed E-state index contributed by atoms with van der Waals surface area (Å²) in [6.45, 7) is 6.30. The number of aryl methyl sites for hydroxylation is 2. The Balaban J connectivity index is 2.77. The minimum atomic E-state index is 0.494. The lowest BCUT2D eigenvalue weighted by Crippen LogP contribution is -2.25. The molecule has 0 aliphatic rings. The van der Waals surface area contributed by atoms with Gasteiger partial charge in [-0.05, 0) is 13.8 Å². The zero-order chi connectivity index (χ0) is 12.1. The number of nitrogens with zero attached hydrogens (tertiary/aromatic N) is 3. The zero-order valence-electron chi connectivity index (χ0n) is 10.5. The summed E-state index contributed by atoms with van der Waals surface area (Å²) in [5.74, 6) is 1.57. The Hall–Kier alpha value is -0.740. The van der Waals surface area contributed by atoms with Gasteiger partial charge in [0.2, 0.25) is 0 Å². The second-order valence-electron chi connectivity index (χ2n) is 3.76. The van der Waals surface area contributed by atoms with Crippen LogP contribution in [-0.2, 0) is 17.7 Å². The standard InChI is InChI=1S/C11H20ClN3O/c1-5-16-7-6-14(3)11-10(8-12)9(2)13-15(11)4/h5-8H2,1-4H3. The molecule has 0 saturated carbocycles. The van der Waals surface area contributed by atoms with E-state index in [0.29, 0.717) is 5.88 Å². The van der Waals surface area contributed by atoms with Crippen LogP contribution in [0.3, 0.4) is 0 Å². The van der Waals surface area contributed by atoms with E-state index < -0.39 is 0 Å². The van der Waals surface area contributed by atoms with Crippen LogP contribution in [0.1, 0.15) is 18.2 Å². The van der Waals surface area contributed by atoms with Gasteiger partial charge in [0, 0.05) is 32.8 Å². The van der Waals surface area contributed by atoms with Gasteiger partial charge in [-0.3, -0.25) is 4.68 Å². The normalized spacial score (nSPS) is 10.8. The van der Waals surface area contributed by atoms with Gasteiger partial charge >= 0.3 is 0 Å². The maximum atomic E-state index is 5.94. The highest BCUT2D eigenvalue weighted by atomic mass is 35.5. The highest BCUT2D eigenvalue weighted by molar-refractivity contribution is 6.17. The maximum Gasteiger partial charge on any atom is 0.131 e. The van der Waals surface area contributed by atoms with E-state index in [1.807, 2.05) is 32.6 Å². The average Bonchev–Trinajstić information content (AvgIpc) is 2.53. The Bertz CT molecular complexity index is 338. The van der Waals surface area contributed by atoms with Gasteiger partial charge in [-0.15, -0.1) is 11.6 Å². The van der Waals surface area contributed by atoms with E-state index in [9.17, 15) is 0 Å². The Morgan fingerprint density at radius 3 is 2.75 bits per heavy atom. The van der Waals surface area contributed by atoms with Crippen molar-refractivity contribution in [3.05, 3.63) is 11.3 Å². The molecule has 1 rings (SSSR count). The lowest BCUT2D eigenvalue weighted by molar-refractivity contribution is 0.154. The molecule has 0 unspecified atom stereocenters. The topological polar surface area (TPSA) is 30.3 Å². The van der Waals surface area contributed by atoms with Gasteiger partial charge < -0.3 is 9.64 Å². The van der Waals surface area contributed by atoms with Crippen LogP contribution in [0.4, 0.5) is 5.82 Å². The number of likely N-dealkylation sites (N-methyl/N-ethyl adjacent to an activating group) is 1. The third kappa shape index (κ3) is 2.89. The van der Waals surface area contributed by atoms with E-state index in [1.54, 1.807) is 0 Å². The van der Waals surface area contributed by atoms with Crippen molar-refractivity contribution in [1.82, 2.24) is 9.78 Å². The summed E-state index contributed by atoms with van der Waals surface area (Å²) in [4.78, 5) is 2.13.